The highest BCUT2D eigenvalue weighted by atomic mass is 19.1. The van der Waals surface area contributed by atoms with E-state index >= 15 is 0 Å². The standard InChI is InChI=1S/C26H28FN3O2/c1-15(2)25-24(16-4-6-17(7-5-16)26(31)32-3)21-13-22-18(14-28-29-22)12-23(21)30(25)20-10-8-19(27)9-11-20/h8-17H,4-7H2,1-3H3,(H,28,29). The number of benzene rings is 2. The van der Waals surface area contributed by atoms with Crippen LogP contribution in [0.4, 0.5) is 4.39 Å². The largest absolute Gasteiger partial charge is 0.469 e. The van der Waals surface area contributed by atoms with E-state index in [0.717, 1.165) is 47.8 Å². The van der Waals surface area contributed by atoms with Crippen molar-refractivity contribution in [2.75, 3.05) is 7.11 Å². The molecule has 2 heterocycles. The Bertz CT molecular complexity index is 1280. The Morgan fingerprint density at radius 2 is 1.88 bits per heavy atom. The number of nitrogens with one attached hydrogen (secondary N) is 1. The summed E-state index contributed by atoms with van der Waals surface area (Å²) in [6.07, 6.45) is 5.41. The summed E-state index contributed by atoms with van der Waals surface area (Å²) in [5.74, 6) is 0.286. The van der Waals surface area contributed by atoms with E-state index in [1.165, 1.54) is 35.9 Å². The Morgan fingerprint density at radius 3 is 2.53 bits per heavy atom. The molecule has 0 bridgehead atoms. The van der Waals surface area contributed by atoms with Crippen molar-refractivity contribution >= 4 is 27.8 Å². The summed E-state index contributed by atoms with van der Waals surface area (Å²) >= 11 is 0. The van der Waals surface area contributed by atoms with Crippen LogP contribution in [0, 0.1) is 11.7 Å². The van der Waals surface area contributed by atoms with Gasteiger partial charge in [0.25, 0.3) is 0 Å². The van der Waals surface area contributed by atoms with Gasteiger partial charge in [-0.2, -0.15) is 5.10 Å². The molecule has 4 aromatic rings. The van der Waals surface area contributed by atoms with Crippen LogP contribution in [-0.4, -0.2) is 27.8 Å². The lowest BCUT2D eigenvalue weighted by Crippen LogP contribution is -2.22. The van der Waals surface area contributed by atoms with E-state index in [0.29, 0.717) is 5.92 Å². The number of methoxy groups -OCH3 is 1. The SMILES string of the molecule is COC(=O)C1CCC(c2c(C(C)C)n(-c3ccc(F)cc3)c3cc4cn[nH]c4cc23)CC1. The molecule has 1 aliphatic carbocycles. The van der Waals surface area contributed by atoms with Gasteiger partial charge in [-0.3, -0.25) is 9.89 Å². The fraction of sp³-hybridized carbons (Fsp3) is 0.385. The van der Waals surface area contributed by atoms with Crippen LogP contribution in [0.15, 0.2) is 42.6 Å². The summed E-state index contributed by atoms with van der Waals surface area (Å²) in [5.41, 5.74) is 5.68. The first-order valence-electron chi connectivity index (χ1n) is 11.3. The van der Waals surface area contributed by atoms with Crippen LogP contribution in [0.3, 0.4) is 0 Å². The van der Waals surface area contributed by atoms with Gasteiger partial charge in [-0.1, -0.05) is 13.8 Å². The van der Waals surface area contributed by atoms with Crippen LogP contribution in [0.5, 0.6) is 0 Å². The van der Waals surface area contributed by atoms with Crippen molar-refractivity contribution < 1.29 is 13.9 Å². The zero-order valence-corrected chi connectivity index (χ0v) is 18.7. The maximum Gasteiger partial charge on any atom is 0.308 e. The third-order valence-electron chi connectivity index (χ3n) is 6.91. The van der Waals surface area contributed by atoms with Crippen LogP contribution < -0.4 is 0 Å². The normalized spacial score (nSPS) is 19.2. The molecule has 0 amide bonds. The second-order valence-corrected chi connectivity index (χ2v) is 9.16. The lowest BCUT2D eigenvalue weighted by atomic mass is 9.77. The second-order valence-electron chi connectivity index (χ2n) is 9.16. The number of aromatic nitrogens is 3. The first-order chi connectivity index (χ1) is 15.5. The fourth-order valence-electron chi connectivity index (χ4n) is 5.42. The number of hydrogen-bond donors (Lipinski definition) is 1. The monoisotopic (exact) mass is 433 g/mol. The molecule has 0 spiro atoms. The van der Waals surface area contributed by atoms with E-state index in [1.54, 1.807) is 0 Å². The molecule has 0 saturated heterocycles. The minimum absolute atomic E-state index is 0.0106. The zero-order valence-electron chi connectivity index (χ0n) is 18.7. The molecule has 5 nitrogen and oxygen atoms in total. The Kier molecular flexibility index (Phi) is 5.24. The number of esters is 1. The average Bonchev–Trinajstić information content (AvgIpc) is 3.39. The van der Waals surface area contributed by atoms with Crippen LogP contribution >= 0.6 is 0 Å². The van der Waals surface area contributed by atoms with E-state index in [4.69, 9.17) is 4.74 Å². The van der Waals surface area contributed by atoms with Crippen molar-refractivity contribution in [2.45, 2.75) is 51.4 Å². The first kappa shape index (κ1) is 20.7. The highest BCUT2D eigenvalue weighted by Gasteiger charge is 2.32. The minimum atomic E-state index is -0.241. The summed E-state index contributed by atoms with van der Waals surface area (Å²) in [6.45, 7) is 4.43. The number of nitrogens with zero attached hydrogens (tertiary/aromatic N) is 2. The maximum atomic E-state index is 13.7. The molecule has 2 aromatic carbocycles. The summed E-state index contributed by atoms with van der Waals surface area (Å²) < 4.78 is 21.0. The van der Waals surface area contributed by atoms with Crippen LogP contribution in [0.25, 0.3) is 27.5 Å². The summed E-state index contributed by atoms with van der Waals surface area (Å²) in [6, 6.07) is 11.1. The average molecular weight is 434 g/mol. The van der Waals surface area contributed by atoms with Gasteiger partial charge < -0.3 is 9.30 Å². The van der Waals surface area contributed by atoms with Crippen molar-refractivity contribution in [3.8, 4) is 5.69 Å². The lowest BCUT2D eigenvalue weighted by Gasteiger charge is -2.28. The van der Waals surface area contributed by atoms with Crippen molar-refractivity contribution in [1.29, 1.82) is 0 Å². The van der Waals surface area contributed by atoms with E-state index in [1.807, 2.05) is 18.3 Å². The number of rotatable bonds is 4. The Balaban J connectivity index is 1.72. The molecule has 5 rings (SSSR count). The predicted molar refractivity (Wildman–Crippen MR) is 124 cm³/mol. The van der Waals surface area contributed by atoms with Gasteiger partial charge in [-0.15, -0.1) is 0 Å². The van der Waals surface area contributed by atoms with Gasteiger partial charge in [-0.25, -0.2) is 4.39 Å². The van der Waals surface area contributed by atoms with E-state index in [-0.39, 0.29) is 23.6 Å². The predicted octanol–water partition coefficient (Wildman–Crippen LogP) is 6.22. The molecule has 0 aliphatic heterocycles. The molecule has 2 aromatic heterocycles. The van der Waals surface area contributed by atoms with Gasteiger partial charge in [0, 0.05) is 22.2 Å². The molecule has 1 N–H and O–H groups in total. The minimum Gasteiger partial charge on any atom is -0.469 e. The fourth-order valence-corrected chi connectivity index (χ4v) is 5.42. The highest BCUT2D eigenvalue weighted by molar-refractivity contribution is 5.99. The number of halogens is 1. The van der Waals surface area contributed by atoms with E-state index < -0.39 is 0 Å². The highest BCUT2D eigenvalue weighted by Crippen LogP contribution is 2.45. The van der Waals surface area contributed by atoms with E-state index in [2.05, 4.69) is 40.7 Å². The second kappa shape index (κ2) is 8.08. The molecule has 0 unspecified atom stereocenters. The number of hydrogen-bond acceptors (Lipinski definition) is 3. The third-order valence-corrected chi connectivity index (χ3v) is 6.91. The summed E-state index contributed by atoms with van der Waals surface area (Å²) in [4.78, 5) is 12.1. The van der Waals surface area contributed by atoms with Gasteiger partial charge in [-0.05, 0) is 79.5 Å². The smallest absolute Gasteiger partial charge is 0.308 e. The van der Waals surface area contributed by atoms with Gasteiger partial charge >= 0.3 is 5.97 Å². The van der Waals surface area contributed by atoms with Crippen molar-refractivity contribution in [2.24, 2.45) is 5.92 Å². The zero-order chi connectivity index (χ0) is 22.4. The molecule has 1 saturated carbocycles. The summed E-state index contributed by atoms with van der Waals surface area (Å²) in [5, 5.41) is 9.58. The van der Waals surface area contributed by atoms with Crippen molar-refractivity contribution in [3.05, 3.63) is 59.7 Å². The first-order valence-corrected chi connectivity index (χ1v) is 11.3. The number of H-pyrrole nitrogens is 1. The molecule has 1 aliphatic rings. The Morgan fingerprint density at radius 1 is 1.16 bits per heavy atom. The third kappa shape index (κ3) is 3.38. The molecule has 166 valence electrons. The van der Waals surface area contributed by atoms with Crippen molar-refractivity contribution in [1.82, 2.24) is 14.8 Å². The Hall–Kier alpha value is -3.15. The molecule has 6 heteroatoms. The number of fused-ring (bicyclic) bond motifs is 2. The maximum absolute atomic E-state index is 13.7. The molecular weight excluding hydrogens is 405 g/mol. The van der Waals surface area contributed by atoms with Crippen LogP contribution in [-0.2, 0) is 9.53 Å². The molecule has 32 heavy (non-hydrogen) atoms. The van der Waals surface area contributed by atoms with Crippen LogP contribution in [0.2, 0.25) is 0 Å². The molecule has 1 fully saturated rings. The van der Waals surface area contributed by atoms with Gasteiger partial charge in [0.1, 0.15) is 5.82 Å². The van der Waals surface area contributed by atoms with Crippen LogP contribution in [0.1, 0.15) is 62.6 Å². The van der Waals surface area contributed by atoms with Gasteiger partial charge in [0.05, 0.1) is 30.3 Å². The quantitative estimate of drug-likeness (QED) is 0.389. The molecular formula is C26H28FN3O2. The number of carbonyl (C=O) groups is 1. The van der Waals surface area contributed by atoms with E-state index in [9.17, 15) is 9.18 Å². The number of aromatic amines is 1. The molecule has 0 radical (unpaired) electrons. The summed E-state index contributed by atoms with van der Waals surface area (Å²) in [7, 11) is 1.47. The molecule has 0 atom stereocenters. The Labute approximate surface area is 186 Å². The van der Waals surface area contributed by atoms with Crippen molar-refractivity contribution in [3.63, 3.8) is 0 Å². The number of carbonyl (C=O) groups excluding carboxylic acids is 1. The number of ether oxygens (including phenoxy) is 1. The van der Waals surface area contributed by atoms with Gasteiger partial charge in [0.15, 0.2) is 0 Å². The topological polar surface area (TPSA) is 59.9 Å². The van der Waals surface area contributed by atoms with Gasteiger partial charge in [0.2, 0.25) is 0 Å². The lowest BCUT2D eigenvalue weighted by molar-refractivity contribution is -0.146.